The van der Waals surface area contributed by atoms with Crippen molar-refractivity contribution in [3.63, 3.8) is 0 Å². The van der Waals surface area contributed by atoms with Crippen molar-refractivity contribution in [1.29, 1.82) is 0 Å². The zero-order valence-corrected chi connectivity index (χ0v) is 14.7. The number of benzene rings is 1. The van der Waals surface area contributed by atoms with Crippen LogP contribution in [0.1, 0.15) is 12.8 Å². The third-order valence-corrected chi connectivity index (χ3v) is 6.03. The Labute approximate surface area is 139 Å². The summed E-state index contributed by atoms with van der Waals surface area (Å²) in [6.45, 7) is 0.154. The van der Waals surface area contributed by atoms with Gasteiger partial charge in [-0.25, -0.2) is 8.42 Å². The van der Waals surface area contributed by atoms with Crippen LogP contribution in [0.3, 0.4) is 0 Å². The molecule has 1 aromatic rings. The maximum absolute atomic E-state index is 12.4. The Morgan fingerprint density at radius 1 is 1.41 bits per heavy atom. The molecule has 1 saturated carbocycles. The highest BCUT2D eigenvalue weighted by Gasteiger charge is 2.32. The Bertz CT molecular complexity index is 629. The molecule has 6 nitrogen and oxygen atoms in total. The molecule has 122 valence electrons. The van der Waals surface area contributed by atoms with E-state index in [0.717, 1.165) is 21.6 Å². The monoisotopic (exact) mass is 389 g/mol. The summed E-state index contributed by atoms with van der Waals surface area (Å²) in [4.78, 5) is 12.2. The number of nitrogens with two attached hydrogens (primary N) is 1. The maximum Gasteiger partial charge on any atom is 0.243 e. The van der Waals surface area contributed by atoms with Crippen LogP contribution in [0.2, 0.25) is 0 Å². The fourth-order valence-corrected chi connectivity index (χ4v) is 3.59. The molecule has 0 aliphatic heterocycles. The van der Waals surface area contributed by atoms with Gasteiger partial charge < -0.3 is 11.1 Å². The van der Waals surface area contributed by atoms with E-state index in [4.69, 9.17) is 5.73 Å². The van der Waals surface area contributed by atoms with E-state index in [1.165, 1.54) is 19.2 Å². The van der Waals surface area contributed by atoms with Crippen molar-refractivity contribution >= 4 is 31.9 Å². The van der Waals surface area contributed by atoms with Crippen LogP contribution >= 0.6 is 15.9 Å². The maximum atomic E-state index is 12.4. The first-order chi connectivity index (χ1) is 10.3. The van der Waals surface area contributed by atoms with E-state index < -0.39 is 10.0 Å². The zero-order valence-electron chi connectivity index (χ0n) is 12.3. The number of carbonyl (C=O) groups is 1. The topological polar surface area (TPSA) is 92.5 Å². The fourth-order valence-electron chi connectivity index (χ4n) is 2.19. The van der Waals surface area contributed by atoms with Crippen LogP contribution in [0.4, 0.5) is 0 Å². The molecule has 0 saturated heterocycles. The van der Waals surface area contributed by atoms with E-state index in [1.807, 2.05) is 0 Å². The van der Waals surface area contributed by atoms with Crippen molar-refractivity contribution in [2.75, 3.05) is 20.1 Å². The van der Waals surface area contributed by atoms with Gasteiger partial charge in [0.2, 0.25) is 15.9 Å². The van der Waals surface area contributed by atoms with Gasteiger partial charge in [-0.2, -0.15) is 4.31 Å². The van der Waals surface area contributed by atoms with E-state index in [2.05, 4.69) is 21.2 Å². The molecule has 0 spiro atoms. The normalized spacial score (nSPS) is 16.5. The molecule has 0 radical (unpaired) electrons. The first kappa shape index (κ1) is 17.4. The third-order valence-electron chi connectivity index (χ3n) is 3.68. The predicted octanol–water partition coefficient (Wildman–Crippen LogP) is 0.923. The summed E-state index contributed by atoms with van der Waals surface area (Å²) in [5, 5.41) is 2.81. The van der Waals surface area contributed by atoms with Gasteiger partial charge >= 0.3 is 0 Å². The van der Waals surface area contributed by atoms with Crippen LogP contribution in [-0.4, -0.2) is 44.8 Å². The second-order valence-corrected chi connectivity index (χ2v) is 8.42. The number of halogens is 1. The molecule has 0 bridgehead atoms. The number of hydrogen-bond donors (Lipinski definition) is 2. The molecule has 1 unspecified atom stereocenters. The van der Waals surface area contributed by atoms with Crippen molar-refractivity contribution < 1.29 is 13.2 Å². The molecule has 22 heavy (non-hydrogen) atoms. The van der Waals surface area contributed by atoms with Gasteiger partial charge in [0.15, 0.2) is 0 Å². The van der Waals surface area contributed by atoms with Gasteiger partial charge in [0.1, 0.15) is 0 Å². The van der Waals surface area contributed by atoms with Crippen molar-refractivity contribution in [2.24, 2.45) is 11.7 Å². The van der Waals surface area contributed by atoms with Crippen LogP contribution < -0.4 is 11.1 Å². The number of likely N-dealkylation sites (N-methyl/N-ethyl adjacent to an activating group) is 1. The number of sulfonamides is 1. The number of nitrogens with one attached hydrogen (secondary N) is 1. The van der Waals surface area contributed by atoms with Gasteiger partial charge in [0.05, 0.1) is 11.4 Å². The highest BCUT2D eigenvalue weighted by atomic mass is 79.9. The number of rotatable bonds is 7. The summed E-state index contributed by atoms with van der Waals surface area (Å²) in [5.41, 5.74) is 5.63. The molecule has 1 aliphatic rings. The molecule has 1 atom stereocenters. The average molecular weight is 390 g/mol. The Morgan fingerprint density at radius 3 is 2.50 bits per heavy atom. The summed E-state index contributed by atoms with van der Waals surface area (Å²) in [6, 6.07) is 6.24. The average Bonchev–Trinajstić information content (AvgIpc) is 3.29. The van der Waals surface area contributed by atoms with Crippen LogP contribution in [-0.2, 0) is 14.8 Å². The van der Waals surface area contributed by atoms with E-state index in [9.17, 15) is 13.2 Å². The molecule has 2 rings (SSSR count). The lowest BCUT2D eigenvalue weighted by atomic mass is 10.2. The molecular weight excluding hydrogens is 370 g/mol. The standard InChI is InChI=1S/C14H20BrN3O3S/c1-18(9-14(19)17-13(8-16)10-2-3-10)22(20,21)12-6-4-11(15)5-7-12/h4-7,10,13H,2-3,8-9,16H2,1H3,(H,17,19). The first-order valence-corrected chi connectivity index (χ1v) is 9.29. The quantitative estimate of drug-likeness (QED) is 0.724. The number of hydrogen-bond acceptors (Lipinski definition) is 4. The molecule has 1 aliphatic carbocycles. The van der Waals surface area contributed by atoms with Gasteiger partial charge in [-0.1, -0.05) is 15.9 Å². The molecule has 8 heteroatoms. The summed E-state index contributed by atoms with van der Waals surface area (Å²) in [6.07, 6.45) is 2.13. The molecule has 0 aromatic heterocycles. The van der Waals surface area contributed by atoms with Crippen LogP contribution in [0.15, 0.2) is 33.6 Å². The number of amides is 1. The SMILES string of the molecule is CN(CC(=O)NC(CN)C1CC1)S(=O)(=O)c1ccc(Br)cc1. The molecular formula is C14H20BrN3O3S. The second-order valence-electron chi connectivity index (χ2n) is 5.46. The highest BCUT2D eigenvalue weighted by Crippen LogP contribution is 2.32. The zero-order chi connectivity index (χ0) is 16.3. The predicted molar refractivity (Wildman–Crippen MR) is 87.7 cm³/mol. The summed E-state index contributed by atoms with van der Waals surface area (Å²) in [7, 11) is -2.28. The minimum absolute atomic E-state index is 0.0590. The van der Waals surface area contributed by atoms with Gasteiger partial charge in [-0.05, 0) is 43.0 Å². The van der Waals surface area contributed by atoms with Crippen molar-refractivity contribution in [3.05, 3.63) is 28.7 Å². The van der Waals surface area contributed by atoms with E-state index in [0.29, 0.717) is 12.5 Å². The van der Waals surface area contributed by atoms with Gasteiger partial charge in [0, 0.05) is 24.1 Å². The van der Waals surface area contributed by atoms with Crippen molar-refractivity contribution in [3.8, 4) is 0 Å². The summed E-state index contributed by atoms with van der Waals surface area (Å²) < 4.78 is 26.6. The fraction of sp³-hybridized carbons (Fsp3) is 0.500. The Kier molecular flexibility index (Phi) is 5.60. The first-order valence-electron chi connectivity index (χ1n) is 7.06. The van der Waals surface area contributed by atoms with Crippen LogP contribution in [0, 0.1) is 5.92 Å². The molecule has 3 N–H and O–H groups in total. The Balaban J connectivity index is 1.99. The summed E-state index contributed by atoms with van der Waals surface area (Å²) >= 11 is 3.26. The van der Waals surface area contributed by atoms with Crippen molar-refractivity contribution in [1.82, 2.24) is 9.62 Å². The largest absolute Gasteiger partial charge is 0.351 e. The Morgan fingerprint density at radius 2 is 2.00 bits per heavy atom. The van der Waals surface area contributed by atoms with E-state index >= 15 is 0 Å². The number of nitrogens with zero attached hydrogens (tertiary/aromatic N) is 1. The lowest BCUT2D eigenvalue weighted by molar-refractivity contribution is -0.121. The van der Waals surface area contributed by atoms with Gasteiger partial charge in [0.25, 0.3) is 0 Å². The van der Waals surface area contributed by atoms with Gasteiger partial charge in [-0.15, -0.1) is 0 Å². The second kappa shape index (κ2) is 7.08. The molecule has 1 aromatic carbocycles. The minimum atomic E-state index is -3.68. The van der Waals surface area contributed by atoms with Gasteiger partial charge in [-0.3, -0.25) is 4.79 Å². The minimum Gasteiger partial charge on any atom is -0.351 e. The summed E-state index contributed by atoms with van der Waals surface area (Å²) in [5.74, 6) is 0.105. The molecule has 0 heterocycles. The lowest BCUT2D eigenvalue weighted by Gasteiger charge is -2.20. The van der Waals surface area contributed by atoms with E-state index in [1.54, 1.807) is 12.1 Å². The van der Waals surface area contributed by atoms with Crippen LogP contribution in [0.5, 0.6) is 0 Å². The Hall–Kier alpha value is -0.960. The van der Waals surface area contributed by atoms with Crippen LogP contribution in [0.25, 0.3) is 0 Å². The smallest absolute Gasteiger partial charge is 0.243 e. The van der Waals surface area contributed by atoms with Crippen molar-refractivity contribution in [2.45, 2.75) is 23.8 Å². The van der Waals surface area contributed by atoms with E-state index in [-0.39, 0.29) is 23.4 Å². The molecule has 1 amide bonds. The third kappa shape index (κ3) is 4.28. The highest BCUT2D eigenvalue weighted by molar-refractivity contribution is 9.10. The molecule has 1 fully saturated rings. The number of carbonyl (C=O) groups excluding carboxylic acids is 1. The lowest BCUT2D eigenvalue weighted by Crippen LogP contribution is -2.46.